The Morgan fingerprint density at radius 1 is 1.16 bits per heavy atom. The van der Waals surface area contributed by atoms with E-state index in [4.69, 9.17) is 4.98 Å². The minimum Gasteiger partial charge on any atom is -0.317 e. The lowest BCUT2D eigenvalue weighted by Crippen LogP contribution is -2.31. The molecule has 8 heteroatoms. The number of nitrogens with zero attached hydrogens (tertiary/aromatic N) is 3. The van der Waals surface area contributed by atoms with Crippen LogP contribution in [0.1, 0.15) is 50.0 Å². The summed E-state index contributed by atoms with van der Waals surface area (Å²) >= 11 is 3.48. The summed E-state index contributed by atoms with van der Waals surface area (Å²) < 4.78 is 1.17. The topological polar surface area (TPSA) is 70.1 Å². The van der Waals surface area contributed by atoms with E-state index in [-0.39, 0.29) is 5.91 Å². The first-order valence-corrected chi connectivity index (χ1v) is 15.0. The van der Waals surface area contributed by atoms with Gasteiger partial charge in [0.2, 0.25) is 5.91 Å². The summed E-state index contributed by atoms with van der Waals surface area (Å²) in [5.74, 6) is 0.0655. The second-order valence-corrected chi connectivity index (χ2v) is 12.3. The van der Waals surface area contributed by atoms with Gasteiger partial charge in [-0.05, 0) is 73.6 Å². The van der Waals surface area contributed by atoms with Gasteiger partial charge in [0.25, 0.3) is 0 Å². The molecule has 0 spiro atoms. The molecular formula is C29H33N5OS2. The van der Waals surface area contributed by atoms with E-state index in [9.17, 15) is 4.79 Å². The summed E-state index contributed by atoms with van der Waals surface area (Å²) in [4.78, 5) is 26.2. The molecule has 1 atom stereocenters. The van der Waals surface area contributed by atoms with Gasteiger partial charge < -0.3 is 10.6 Å². The molecule has 1 fully saturated rings. The van der Waals surface area contributed by atoms with Gasteiger partial charge in [0, 0.05) is 61.0 Å². The molecule has 6 nitrogen and oxygen atoms in total. The zero-order valence-electron chi connectivity index (χ0n) is 21.4. The number of aromatic nitrogens is 2. The monoisotopic (exact) mass is 531 g/mol. The number of nitrogens with one attached hydrogen (secondary N) is 2. The zero-order valence-corrected chi connectivity index (χ0v) is 23.1. The first kappa shape index (κ1) is 24.7. The molecule has 1 amide bonds. The molecule has 1 saturated carbocycles. The van der Waals surface area contributed by atoms with Crippen molar-refractivity contribution >= 4 is 43.8 Å². The molecule has 192 valence electrons. The van der Waals surface area contributed by atoms with Crippen molar-refractivity contribution in [2.24, 2.45) is 0 Å². The Morgan fingerprint density at radius 2 is 2.00 bits per heavy atom. The number of thiazole rings is 1. The van der Waals surface area contributed by atoms with E-state index in [0.717, 1.165) is 64.2 Å². The fourth-order valence-electron chi connectivity index (χ4n) is 5.01. The molecule has 37 heavy (non-hydrogen) atoms. The number of rotatable bonds is 9. The number of pyridine rings is 1. The van der Waals surface area contributed by atoms with E-state index < -0.39 is 0 Å². The van der Waals surface area contributed by atoms with Crippen LogP contribution >= 0.6 is 22.7 Å². The first-order chi connectivity index (χ1) is 18.1. The molecule has 0 saturated heterocycles. The highest BCUT2D eigenvalue weighted by Crippen LogP contribution is 2.47. The Kier molecular flexibility index (Phi) is 7.08. The number of hydrogen-bond donors (Lipinski definition) is 2. The molecule has 0 unspecified atom stereocenters. The van der Waals surface area contributed by atoms with Crippen molar-refractivity contribution < 1.29 is 4.79 Å². The average molecular weight is 532 g/mol. The van der Waals surface area contributed by atoms with Crippen LogP contribution in [-0.2, 0) is 17.8 Å². The molecular weight excluding hydrogens is 498 g/mol. The van der Waals surface area contributed by atoms with Gasteiger partial charge in [0.1, 0.15) is 10.0 Å². The van der Waals surface area contributed by atoms with Crippen molar-refractivity contribution in [1.29, 1.82) is 0 Å². The van der Waals surface area contributed by atoms with Gasteiger partial charge in [-0.1, -0.05) is 13.0 Å². The number of anilines is 1. The van der Waals surface area contributed by atoms with Crippen LogP contribution in [-0.4, -0.2) is 45.9 Å². The van der Waals surface area contributed by atoms with E-state index in [1.165, 1.54) is 28.0 Å². The van der Waals surface area contributed by atoms with Crippen molar-refractivity contribution in [1.82, 2.24) is 20.2 Å². The van der Waals surface area contributed by atoms with E-state index in [1.54, 1.807) is 22.7 Å². The molecule has 2 N–H and O–H groups in total. The molecule has 0 radical (unpaired) electrons. The van der Waals surface area contributed by atoms with Crippen molar-refractivity contribution in [3.05, 3.63) is 53.2 Å². The predicted octanol–water partition coefficient (Wildman–Crippen LogP) is 6.32. The normalized spacial score (nSPS) is 16.6. The van der Waals surface area contributed by atoms with Crippen molar-refractivity contribution in [2.75, 3.05) is 18.4 Å². The molecule has 4 aromatic rings. The number of benzene rings is 1. The minimum atomic E-state index is 0.0655. The van der Waals surface area contributed by atoms with Crippen LogP contribution in [0, 0.1) is 0 Å². The van der Waals surface area contributed by atoms with Gasteiger partial charge >= 0.3 is 0 Å². The Bertz CT molecular complexity index is 1410. The summed E-state index contributed by atoms with van der Waals surface area (Å²) in [6, 6.07) is 11.7. The number of thiophene rings is 1. The first-order valence-electron chi connectivity index (χ1n) is 13.3. The maximum Gasteiger partial charge on any atom is 0.226 e. The number of fused-ring (bicyclic) bond motifs is 2. The summed E-state index contributed by atoms with van der Waals surface area (Å²) in [5, 5.41) is 8.68. The Balaban J connectivity index is 1.32. The van der Waals surface area contributed by atoms with Crippen LogP contribution in [0.5, 0.6) is 0 Å². The number of hydrogen-bond acceptors (Lipinski definition) is 7. The quantitative estimate of drug-likeness (QED) is 0.264. The van der Waals surface area contributed by atoms with Crippen LogP contribution < -0.4 is 10.6 Å². The van der Waals surface area contributed by atoms with Crippen LogP contribution in [0.4, 0.5) is 5.00 Å². The third kappa shape index (κ3) is 5.34. The molecule has 0 bridgehead atoms. The second kappa shape index (κ2) is 10.6. The summed E-state index contributed by atoms with van der Waals surface area (Å²) in [5.41, 5.74) is 5.80. The highest BCUT2D eigenvalue weighted by atomic mass is 32.1. The van der Waals surface area contributed by atoms with Gasteiger partial charge in [-0.3, -0.25) is 14.7 Å². The summed E-state index contributed by atoms with van der Waals surface area (Å²) in [7, 11) is 0. The molecule has 1 aliphatic heterocycles. The Labute approximate surface area is 226 Å². The molecule has 3 aromatic heterocycles. The van der Waals surface area contributed by atoms with Crippen LogP contribution in [0.15, 0.2) is 42.7 Å². The fraction of sp³-hybridized carbons (Fsp3) is 0.414. The van der Waals surface area contributed by atoms with Crippen molar-refractivity contribution in [3.63, 3.8) is 0 Å². The highest BCUT2D eigenvalue weighted by molar-refractivity contribution is 7.23. The highest BCUT2D eigenvalue weighted by Gasteiger charge is 2.34. The van der Waals surface area contributed by atoms with Gasteiger partial charge in [-0.2, -0.15) is 0 Å². The summed E-state index contributed by atoms with van der Waals surface area (Å²) in [6.45, 7) is 7.08. The maximum absolute atomic E-state index is 13.0. The standard InChI is InChI=1S/C29H33N5OS2/c1-3-18(2)31-14-10-26(35)33-29-27(22-11-15-34(21-5-6-21)17-25(22)37-29)28-32-23-16-20(4-7-24(23)36-28)19-8-12-30-13-9-19/h4,7-9,12-13,16,18,21,31H,3,5-6,10-11,14-15,17H2,1-2H3,(H,33,35)/t18-/m0/s1. The Hall–Kier alpha value is -2.65. The van der Waals surface area contributed by atoms with E-state index in [0.29, 0.717) is 19.0 Å². The third-order valence-corrected chi connectivity index (χ3v) is 9.66. The Morgan fingerprint density at radius 3 is 2.78 bits per heavy atom. The SMILES string of the molecule is CC[C@H](C)NCCC(=O)Nc1sc2c(c1-c1nc3cc(-c4ccncc4)ccc3s1)CCN(C1CC1)C2. The molecule has 1 aliphatic carbocycles. The van der Waals surface area contributed by atoms with Crippen LogP contribution in [0.25, 0.3) is 31.9 Å². The lowest BCUT2D eigenvalue weighted by atomic mass is 10.0. The molecule has 4 heterocycles. The largest absolute Gasteiger partial charge is 0.317 e. The van der Waals surface area contributed by atoms with Crippen LogP contribution in [0.2, 0.25) is 0 Å². The third-order valence-electron chi connectivity index (χ3n) is 7.47. The van der Waals surface area contributed by atoms with E-state index in [1.807, 2.05) is 24.5 Å². The smallest absolute Gasteiger partial charge is 0.226 e. The second-order valence-electron chi connectivity index (χ2n) is 10.2. The minimum absolute atomic E-state index is 0.0655. The predicted molar refractivity (Wildman–Crippen MR) is 154 cm³/mol. The van der Waals surface area contributed by atoms with Crippen molar-refractivity contribution in [3.8, 4) is 21.7 Å². The number of carbonyl (C=O) groups excluding carboxylic acids is 1. The average Bonchev–Trinajstić information content (AvgIpc) is 3.59. The van der Waals surface area contributed by atoms with Crippen molar-refractivity contribution in [2.45, 2.75) is 64.6 Å². The van der Waals surface area contributed by atoms with Gasteiger partial charge in [-0.15, -0.1) is 22.7 Å². The summed E-state index contributed by atoms with van der Waals surface area (Å²) in [6.07, 6.45) is 8.82. The number of carbonyl (C=O) groups is 1. The lowest BCUT2D eigenvalue weighted by molar-refractivity contribution is -0.116. The number of amides is 1. The molecule has 1 aromatic carbocycles. The van der Waals surface area contributed by atoms with Crippen LogP contribution in [0.3, 0.4) is 0 Å². The van der Waals surface area contributed by atoms with Gasteiger partial charge in [0.05, 0.1) is 10.2 Å². The van der Waals surface area contributed by atoms with E-state index in [2.05, 4.69) is 52.6 Å². The van der Waals surface area contributed by atoms with E-state index >= 15 is 0 Å². The molecule has 6 rings (SSSR count). The maximum atomic E-state index is 13.0. The van der Waals surface area contributed by atoms with Gasteiger partial charge in [0.15, 0.2) is 0 Å². The fourth-order valence-corrected chi connectivity index (χ4v) is 7.39. The zero-order chi connectivity index (χ0) is 25.4. The molecule has 2 aliphatic rings. The lowest BCUT2D eigenvalue weighted by Gasteiger charge is -2.26. The van der Waals surface area contributed by atoms with Gasteiger partial charge in [-0.25, -0.2) is 4.98 Å².